The third-order valence-electron chi connectivity index (χ3n) is 0.669. The molecule has 0 aliphatic carbocycles. The van der Waals surface area contributed by atoms with E-state index in [9.17, 15) is 0 Å². The monoisotopic (exact) mass is 144 g/mol. The minimum absolute atomic E-state index is 0.470. The quantitative estimate of drug-likeness (QED) is 0.417. The van der Waals surface area contributed by atoms with E-state index in [0.717, 1.165) is 0 Å². The van der Waals surface area contributed by atoms with Crippen LogP contribution in [-0.2, 0) is 9.47 Å². The molecule has 0 amide bonds. The predicted molar refractivity (Wildman–Crippen MR) is 38.6 cm³/mol. The molecule has 0 unspecified atom stereocenters. The summed E-state index contributed by atoms with van der Waals surface area (Å²) in [4.78, 5) is 0. The Hall–Kier alpha value is -1.32. The topological polar surface area (TPSA) is 70.5 Å². The van der Waals surface area contributed by atoms with E-state index in [1.807, 2.05) is 0 Å². The summed E-state index contributed by atoms with van der Waals surface area (Å²) in [6, 6.07) is 0. The summed E-state index contributed by atoms with van der Waals surface area (Å²) in [5, 5.41) is 0. The van der Waals surface area contributed by atoms with E-state index in [0.29, 0.717) is 13.2 Å². The van der Waals surface area contributed by atoms with Crippen LogP contribution in [0.4, 0.5) is 0 Å². The molecule has 0 rings (SSSR count). The maximum Gasteiger partial charge on any atom is 0.121 e. The van der Waals surface area contributed by atoms with Crippen LogP contribution in [0.25, 0.3) is 0 Å². The van der Waals surface area contributed by atoms with Crippen LogP contribution >= 0.6 is 0 Å². The molecule has 0 bridgehead atoms. The predicted octanol–water partition coefficient (Wildman–Crippen LogP) is -0.121. The maximum absolute atomic E-state index is 4.99. The average molecular weight is 144 g/mol. The second-order valence-electron chi connectivity index (χ2n) is 1.40. The van der Waals surface area contributed by atoms with Crippen molar-refractivity contribution in [2.75, 3.05) is 13.2 Å². The van der Waals surface area contributed by atoms with Crippen molar-refractivity contribution in [3.8, 4) is 0 Å². The van der Waals surface area contributed by atoms with E-state index in [1.54, 1.807) is 0 Å². The van der Waals surface area contributed by atoms with Gasteiger partial charge in [0.15, 0.2) is 0 Å². The smallest absolute Gasteiger partial charge is 0.121 e. The molecule has 4 heteroatoms. The van der Waals surface area contributed by atoms with Gasteiger partial charge >= 0.3 is 0 Å². The van der Waals surface area contributed by atoms with E-state index in [1.165, 1.54) is 24.9 Å². The van der Waals surface area contributed by atoms with Crippen molar-refractivity contribution in [1.82, 2.24) is 0 Å². The van der Waals surface area contributed by atoms with E-state index in [2.05, 4.69) is 0 Å². The fraction of sp³-hybridized carbons (Fsp3) is 0.333. The molecule has 58 valence electrons. The number of hydrogen-bond acceptors (Lipinski definition) is 4. The van der Waals surface area contributed by atoms with Gasteiger partial charge in [0.2, 0.25) is 0 Å². The highest BCUT2D eigenvalue weighted by Gasteiger charge is 1.79. The Bertz CT molecular complexity index is 98.3. The fourth-order valence-electron chi connectivity index (χ4n) is 0.343. The average Bonchev–Trinajstić information content (AvgIpc) is 1.97. The van der Waals surface area contributed by atoms with Crippen LogP contribution in [0, 0.1) is 0 Å². The summed E-state index contributed by atoms with van der Waals surface area (Å²) in [6.45, 7) is 0.941. The number of ether oxygens (including phenoxy) is 2. The zero-order valence-electron chi connectivity index (χ0n) is 5.69. The van der Waals surface area contributed by atoms with E-state index in [-0.39, 0.29) is 0 Å². The molecule has 0 atom stereocenters. The third kappa shape index (κ3) is 6.68. The van der Waals surface area contributed by atoms with Gasteiger partial charge in [-0.1, -0.05) is 0 Å². The van der Waals surface area contributed by atoms with Gasteiger partial charge in [-0.25, -0.2) is 0 Å². The molecular weight excluding hydrogens is 132 g/mol. The summed E-state index contributed by atoms with van der Waals surface area (Å²) >= 11 is 0. The molecule has 0 aromatic rings. The molecule has 4 nitrogen and oxygen atoms in total. The summed E-state index contributed by atoms with van der Waals surface area (Å²) in [7, 11) is 0. The van der Waals surface area contributed by atoms with Gasteiger partial charge in [-0.05, 0) is 0 Å². The minimum atomic E-state index is 0.470. The van der Waals surface area contributed by atoms with Crippen molar-refractivity contribution < 1.29 is 9.47 Å². The highest BCUT2D eigenvalue weighted by molar-refractivity contribution is 4.64. The third-order valence-corrected chi connectivity index (χ3v) is 0.669. The number of hydrogen-bond donors (Lipinski definition) is 2. The second kappa shape index (κ2) is 7.68. The summed E-state index contributed by atoms with van der Waals surface area (Å²) < 4.78 is 9.65. The lowest BCUT2D eigenvalue weighted by Crippen LogP contribution is -1.97. The molecule has 0 aromatic carbocycles. The molecule has 0 saturated heterocycles. The molecule has 0 radical (unpaired) electrons. The highest BCUT2D eigenvalue weighted by Crippen LogP contribution is 1.78. The first-order valence-electron chi connectivity index (χ1n) is 2.88. The van der Waals surface area contributed by atoms with Gasteiger partial charge in [0, 0.05) is 12.4 Å². The van der Waals surface area contributed by atoms with E-state index < -0.39 is 0 Å². The van der Waals surface area contributed by atoms with Crippen LogP contribution in [0.15, 0.2) is 24.9 Å². The minimum Gasteiger partial charge on any atom is -0.496 e. The molecule has 0 heterocycles. The van der Waals surface area contributed by atoms with E-state index >= 15 is 0 Å². The van der Waals surface area contributed by atoms with Gasteiger partial charge < -0.3 is 20.9 Å². The van der Waals surface area contributed by atoms with Gasteiger partial charge in [-0.2, -0.15) is 0 Å². The van der Waals surface area contributed by atoms with Gasteiger partial charge in [0.1, 0.15) is 13.2 Å². The van der Waals surface area contributed by atoms with Crippen molar-refractivity contribution in [2.24, 2.45) is 11.5 Å². The first-order chi connectivity index (χ1) is 4.91. The van der Waals surface area contributed by atoms with Crippen LogP contribution in [0.5, 0.6) is 0 Å². The number of nitrogens with two attached hydrogens (primary N) is 2. The molecule has 0 saturated carbocycles. The lowest BCUT2D eigenvalue weighted by atomic mass is 10.8. The Morgan fingerprint density at radius 3 is 1.60 bits per heavy atom. The SMILES string of the molecule is N/C=C/OCCO/C=C/N. The normalized spacial score (nSPS) is 10.8. The molecular formula is C6H12N2O2. The van der Waals surface area contributed by atoms with Crippen LogP contribution in [0.1, 0.15) is 0 Å². The molecule has 0 aliphatic rings. The first-order valence-corrected chi connectivity index (χ1v) is 2.88. The van der Waals surface area contributed by atoms with Crippen molar-refractivity contribution in [3.63, 3.8) is 0 Å². The standard InChI is InChI=1S/C6H12N2O2/c7-1-3-9-5-6-10-4-2-8/h1-4H,5-8H2/b3-1+,4-2+. The molecule has 0 aromatic heterocycles. The summed E-state index contributed by atoms with van der Waals surface area (Å²) in [5.74, 6) is 0. The van der Waals surface area contributed by atoms with Crippen molar-refractivity contribution in [3.05, 3.63) is 24.9 Å². The van der Waals surface area contributed by atoms with Gasteiger partial charge in [0.05, 0.1) is 12.5 Å². The van der Waals surface area contributed by atoms with Crippen LogP contribution in [0.3, 0.4) is 0 Å². The Kier molecular flexibility index (Phi) is 6.67. The number of rotatable bonds is 5. The molecule has 4 N–H and O–H groups in total. The zero-order valence-corrected chi connectivity index (χ0v) is 5.69. The Morgan fingerprint density at radius 1 is 0.900 bits per heavy atom. The summed E-state index contributed by atoms with van der Waals surface area (Å²) in [5.41, 5.74) is 9.98. The molecule has 0 spiro atoms. The Balaban J connectivity index is 2.90. The molecule has 0 aliphatic heterocycles. The van der Waals surface area contributed by atoms with Gasteiger partial charge in [-0.3, -0.25) is 0 Å². The molecule has 0 fully saturated rings. The van der Waals surface area contributed by atoms with Crippen molar-refractivity contribution in [1.29, 1.82) is 0 Å². The van der Waals surface area contributed by atoms with Crippen LogP contribution in [0.2, 0.25) is 0 Å². The largest absolute Gasteiger partial charge is 0.496 e. The van der Waals surface area contributed by atoms with Gasteiger partial charge in [-0.15, -0.1) is 0 Å². The Morgan fingerprint density at radius 2 is 1.30 bits per heavy atom. The lowest BCUT2D eigenvalue weighted by Gasteiger charge is -1.98. The van der Waals surface area contributed by atoms with Crippen LogP contribution in [-0.4, -0.2) is 13.2 Å². The summed E-state index contributed by atoms with van der Waals surface area (Å²) in [6.07, 6.45) is 5.43. The van der Waals surface area contributed by atoms with Crippen LogP contribution < -0.4 is 11.5 Å². The maximum atomic E-state index is 4.99. The molecule has 10 heavy (non-hydrogen) atoms. The second-order valence-corrected chi connectivity index (χ2v) is 1.40. The zero-order chi connectivity index (χ0) is 7.66. The van der Waals surface area contributed by atoms with Crippen molar-refractivity contribution >= 4 is 0 Å². The lowest BCUT2D eigenvalue weighted by molar-refractivity contribution is 0.149. The van der Waals surface area contributed by atoms with Gasteiger partial charge in [0.25, 0.3) is 0 Å². The first kappa shape index (κ1) is 8.68. The van der Waals surface area contributed by atoms with E-state index in [4.69, 9.17) is 20.9 Å². The van der Waals surface area contributed by atoms with Crippen molar-refractivity contribution in [2.45, 2.75) is 0 Å². The fourth-order valence-corrected chi connectivity index (χ4v) is 0.343. The Labute approximate surface area is 60.1 Å². The highest BCUT2D eigenvalue weighted by atomic mass is 16.5.